The molecule has 1 N–H and O–H groups in total. The molecule has 0 aliphatic heterocycles. The standard InChI is InChI=1S/C24H24Cl2N6O3S/c1-4-31-20(13-35-19-11-10-16(25)12-18(19)26)28-29-24(31)36-14-21(33)27-22-15(2)30(3)32(23(22)34)17-8-6-5-7-9-17/h5-12H,4,13-14H2,1-3H3,(H,27,33). The molecule has 0 aliphatic carbocycles. The Morgan fingerprint density at radius 3 is 2.58 bits per heavy atom. The molecular formula is C24H24Cl2N6O3S. The van der Waals surface area contributed by atoms with E-state index >= 15 is 0 Å². The summed E-state index contributed by atoms with van der Waals surface area (Å²) < 4.78 is 10.9. The lowest BCUT2D eigenvalue weighted by atomic mass is 10.3. The number of rotatable bonds is 9. The first-order valence-corrected chi connectivity index (χ1v) is 12.8. The maximum atomic E-state index is 13.0. The van der Waals surface area contributed by atoms with Crippen molar-refractivity contribution in [3.63, 3.8) is 0 Å². The summed E-state index contributed by atoms with van der Waals surface area (Å²) in [6.45, 7) is 4.48. The Balaban J connectivity index is 1.42. The minimum absolute atomic E-state index is 0.0567. The van der Waals surface area contributed by atoms with Gasteiger partial charge in [0.05, 0.1) is 22.2 Å². The average Bonchev–Trinajstić information content (AvgIpc) is 3.35. The third-order valence-electron chi connectivity index (χ3n) is 5.51. The van der Waals surface area contributed by atoms with Crippen molar-refractivity contribution in [1.29, 1.82) is 0 Å². The molecule has 0 radical (unpaired) electrons. The summed E-state index contributed by atoms with van der Waals surface area (Å²) in [5.41, 5.74) is 1.32. The largest absolute Gasteiger partial charge is 0.484 e. The van der Waals surface area contributed by atoms with Crippen LogP contribution in [0.15, 0.2) is 58.5 Å². The van der Waals surface area contributed by atoms with Crippen LogP contribution in [0.3, 0.4) is 0 Å². The highest BCUT2D eigenvalue weighted by molar-refractivity contribution is 7.99. The van der Waals surface area contributed by atoms with Gasteiger partial charge in [0.1, 0.15) is 18.0 Å². The van der Waals surface area contributed by atoms with Crippen molar-refractivity contribution in [3.8, 4) is 11.4 Å². The Labute approximate surface area is 222 Å². The van der Waals surface area contributed by atoms with E-state index in [0.29, 0.717) is 44.7 Å². The van der Waals surface area contributed by atoms with E-state index in [-0.39, 0.29) is 29.5 Å². The Morgan fingerprint density at radius 1 is 1.14 bits per heavy atom. The maximum absolute atomic E-state index is 13.0. The Hall–Kier alpha value is -3.21. The lowest BCUT2D eigenvalue weighted by Gasteiger charge is -2.10. The highest BCUT2D eigenvalue weighted by atomic mass is 35.5. The third-order valence-corrected chi connectivity index (χ3v) is 7.01. The topological polar surface area (TPSA) is 96.0 Å². The maximum Gasteiger partial charge on any atom is 0.295 e. The second kappa shape index (κ2) is 11.2. The molecule has 2 heterocycles. The van der Waals surface area contributed by atoms with Crippen molar-refractivity contribution < 1.29 is 9.53 Å². The predicted octanol–water partition coefficient (Wildman–Crippen LogP) is 4.71. The molecular weight excluding hydrogens is 523 g/mol. The predicted molar refractivity (Wildman–Crippen MR) is 142 cm³/mol. The first-order valence-electron chi connectivity index (χ1n) is 11.1. The van der Waals surface area contributed by atoms with Crippen LogP contribution in [0.4, 0.5) is 5.69 Å². The highest BCUT2D eigenvalue weighted by Gasteiger charge is 2.19. The van der Waals surface area contributed by atoms with Crippen LogP contribution >= 0.6 is 35.0 Å². The number of halogens is 2. The highest BCUT2D eigenvalue weighted by Crippen LogP contribution is 2.28. The number of benzene rings is 2. The lowest BCUT2D eigenvalue weighted by Crippen LogP contribution is -2.23. The molecule has 0 atom stereocenters. The van der Waals surface area contributed by atoms with Crippen molar-refractivity contribution >= 4 is 46.6 Å². The minimum atomic E-state index is -0.317. The zero-order valence-corrected chi connectivity index (χ0v) is 22.2. The summed E-state index contributed by atoms with van der Waals surface area (Å²) in [6, 6.07) is 14.2. The number of amides is 1. The van der Waals surface area contributed by atoms with Gasteiger partial charge in [0.25, 0.3) is 5.56 Å². The molecule has 36 heavy (non-hydrogen) atoms. The number of para-hydroxylation sites is 1. The van der Waals surface area contributed by atoms with Crippen molar-refractivity contribution in [2.45, 2.75) is 32.2 Å². The zero-order chi connectivity index (χ0) is 25.8. The quantitative estimate of drug-likeness (QED) is 0.305. The number of ether oxygens (including phenoxy) is 1. The second-order valence-corrected chi connectivity index (χ2v) is 9.57. The van der Waals surface area contributed by atoms with Crippen LogP contribution in [0.2, 0.25) is 10.0 Å². The van der Waals surface area contributed by atoms with Gasteiger partial charge in [0.2, 0.25) is 5.91 Å². The number of hydrogen-bond donors (Lipinski definition) is 1. The Bertz CT molecular complexity index is 1450. The summed E-state index contributed by atoms with van der Waals surface area (Å²) in [5, 5.41) is 12.6. The fraction of sp³-hybridized carbons (Fsp3) is 0.250. The van der Waals surface area contributed by atoms with Crippen molar-refractivity contribution in [2.24, 2.45) is 7.05 Å². The fourth-order valence-corrected chi connectivity index (χ4v) is 4.89. The van der Waals surface area contributed by atoms with Crippen LogP contribution in [0.5, 0.6) is 5.75 Å². The summed E-state index contributed by atoms with van der Waals surface area (Å²) in [4.78, 5) is 25.8. The average molecular weight is 547 g/mol. The third kappa shape index (κ3) is 5.45. The number of nitrogens with one attached hydrogen (secondary N) is 1. The van der Waals surface area contributed by atoms with Gasteiger partial charge >= 0.3 is 0 Å². The van der Waals surface area contributed by atoms with Gasteiger partial charge in [-0.15, -0.1) is 10.2 Å². The minimum Gasteiger partial charge on any atom is -0.484 e. The zero-order valence-electron chi connectivity index (χ0n) is 19.9. The van der Waals surface area contributed by atoms with Gasteiger partial charge in [-0.1, -0.05) is 53.2 Å². The summed E-state index contributed by atoms with van der Waals surface area (Å²) >= 11 is 13.3. The van der Waals surface area contributed by atoms with Crippen LogP contribution in [-0.2, 0) is 25.0 Å². The molecule has 2 aromatic carbocycles. The molecule has 0 bridgehead atoms. The van der Waals surface area contributed by atoms with E-state index in [0.717, 1.165) is 0 Å². The van der Waals surface area contributed by atoms with Crippen LogP contribution in [-0.4, -0.2) is 35.8 Å². The van der Waals surface area contributed by atoms with Gasteiger partial charge in [-0.25, -0.2) is 4.68 Å². The number of carbonyl (C=O) groups is 1. The summed E-state index contributed by atoms with van der Waals surface area (Å²) in [7, 11) is 1.78. The normalized spacial score (nSPS) is 11.0. The molecule has 0 aliphatic rings. The van der Waals surface area contributed by atoms with E-state index in [1.165, 1.54) is 16.4 Å². The molecule has 0 fully saturated rings. The molecule has 9 nitrogen and oxygen atoms in total. The monoisotopic (exact) mass is 546 g/mol. The fourth-order valence-electron chi connectivity index (χ4n) is 3.60. The van der Waals surface area contributed by atoms with Gasteiger partial charge in [-0.3, -0.25) is 14.3 Å². The van der Waals surface area contributed by atoms with Crippen molar-refractivity contribution in [1.82, 2.24) is 24.1 Å². The number of nitrogens with zero attached hydrogens (tertiary/aromatic N) is 5. The first-order chi connectivity index (χ1) is 17.3. The van der Waals surface area contributed by atoms with Crippen molar-refractivity contribution in [2.75, 3.05) is 11.1 Å². The lowest BCUT2D eigenvalue weighted by molar-refractivity contribution is -0.113. The smallest absolute Gasteiger partial charge is 0.295 e. The molecule has 0 saturated heterocycles. The second-order valence-electron chi connectivity index (χ2n) is 7.78. The van der Waals surface area contributed by atoms with Crippen LogP contribution in [0, 0.1) is 6.92 Å². The molecule has 0 saturated carbocycles. The van der Waals surface area contributed by atoms with Gasteiger partial charge < -0.3 is 14.6 Å². The van der Waals surface area contributed by atoms with E-state index in [2.05, 4.69) is 15.5 Å². The number of anilines is 1. The van der Waals surface area contributed by atoms with Gasteiger partial charge in [0, 0.05) is 18.6 Å². The summed E-state index contributed by atoms with van der Waals surface area (Å²) in [6.07, 6.45) is 0. The molecule has 4 aromatic rings. The summed E-state index contributed by atoms with van der Waals surface area (Å²) in [5.74, 6) is 0.819. The molecule has 1 amide bonds. The first kappa shape index (κ1) is 25.9. The molecule has 0 spiro atoms. The number of thioether (sulfide) groups is 1. The van der Waals surface area contributed by atoms with E-state index in [4.69, 9.17) is 27.9 Å². The number of hydrogen-bond acceptors (Lipinski definition) is 6. The Kier molecular flexibility index (Phi) is 8.07. The van der Waals surface area contributed by atoms with Crippen LogP contribution in [0.1, 0.15) is 18.4 Å². The Morgan fingerprint density at radius 2 is 1.89 bits per heavy atom. The molecule has 12 heteroatoms. The van der Waals surface area contributed by atoms with Gasteiger partial charge in [-0.05, 0) is 44.2 Å². The van der Waals surface area contributed by atoms with E-state index in [1.54, 1.807) is 36.9 Å². The van der Waals surface area contributed by atoms with Gasteiger partial charge in [0.15, 0.2) is 11.0 Å². The van der Waals surface area contributed by atoms with E-state index < -0.39 is 0 Å². The molecule has 4 rings (SSSR count). The van der Waals surface area contributed by atoms with Crippen molar-refractivity contribution in [3.05, 3.63) is 80.4 Å². The van der Waals surface area contributed by atoms with Crippen LogP contribution < -0.4 is 15.6 Å². The van der Waals surface area contributed by atoms with E-state index in [1.807, 2.05) is 41.8 Å². The number of carbonyl (C=O) groups excluding carboxylic acids is 1. The molecule has 188 valence electrons. The number of aromatic nitrogens is 5. The van der Waals surface area contributed by atoms with E-state index in [9.17, 15) is 9.59 Å². The molecule has 2 aromatic heterocycles. The molecule has 0 unspecified atom stereocenters. The van der Waals surface area contributed by atoms with Gasteiger partial charge in [-0.2, -0.15) is 0 Å². The SMILES string of the molecule is CCn1c(COc2ccc(Cl)cc2Cl)nnc1SCC(=O)Nc1c(C)n(C)n(-c2ccccc2)c1=O. The van der Waals surface area contributed by atoms with Crippen LogP contribution in [0.25, 0.3) is 5.69 Å².